The molecule has 0 fully saturated rings. The Morgan fingerprint density at radius 2 is 1.76 bits per heavy atom. The minimum absolute atomic E-state index is 0.219. The maximum Gasteiger partial charge on any atom is 0.261 e. The Balaban J connectivity index is 2.42. The van der Waals surface area contributed by atoms with Crippen LogP contribution in [0.1, 0.15) is 10.4 Å². The molecule has 0 heterocycles. The third kappa shape index (κ3) is 2.76. The Kier molecular flexibility index (Phi) is 4.33. The number of hydrogen-bond donors (Lipinski definition) is 1. The number of nitrogen functional groups attached to an aromatic ring is 1. The fourth-order valence-electron chi connectivity index (χ4n) is 2.15. The summed E-state index contributed by atoms with van der Waals surface area (Å²) in [6, 6.07) is 12.4. The van der Waals surface area contributed by atoms with Gasteiger partial charge in [0, 0.05) is 7.05 Å². The normalized spacial score (nSPS) is 10.0. The molecule has 0 atom stereocenters. The number of ether oxygens (including phenoxy) is 2. The van der Waals surface area contributed by atoms with Crippen LogP contribution in [0.2, 0.25) is 0 Å². The molecule has 110 valence electrons. The van der Waals surface area contributed by atoms with E-state index in [1.54, 1.807) is 38.4 Å². The second kappa shape index (κ2) is 6.17. The average molecular weight is 286 g/mol. The highest BCUT2D eigenvalue weighted by Gasteiger charge is 2.21. The standard InChI is InChI=1S/C16H18N2O3/c1-18(13-9-4-5-10-14(13)20-2)16(19)11-7-6-8-12(17)15(11)21-3/h4-10H,17H2,1-3H3. The molecule has 5 heteroatoms. The van der Waals surface area contributed by atoms with Crippen molar-refractivity contribution in [1.29, 1.82) is 0 Å². The van der Waals surface area contributed by atoms with Crippen LogP contribution in [0, 0.1) is 0 Å². The van der Waals surface area contributed by atoms with Gasteiger partial charge in [0.1, 0.15) is 5.75 Å². The third-order valence-corrected chi connectivity index (χ3v) is 3.23. The van der Waals surface area contributed by atoms with Gasteiger partial charge in [-0.1, -0.05) is 18.2 Å². The number of hydrogen-bond acceptors (Lipinski definition) is 4. The molecule has 0 radical (unpaired) electrons. The van der Waals surface area contributed by atoms with E-state index >= 15 is 0 Å². The second-order valence-electron chi connectivity index (χ2n) is 4.46. The Hall–Kier alpha value is -2.69. The van der Waals surface area contributed by atoms with Crippen LogP contribution < -0.4 is 20.1 Å². The summed E-state index contributed by atoms with van der Waals surface area (Å²) in [6.07, 6.45) is 0. The Bertz CT molecular complexity index is 656. The number of nitrogens with zero attached hydrogens (tertiary/aromatic N) is 1. The third-order valence-electron chi connectivity index (χ3n) is 3.23. The maximum absolute atomic E-state index is 12.7. The van der Waals surface area contributed by atoms with E-state index in [1.807, 2.05) is 18.2 Å². The highest BCUT2D eigenvalue weighted by Crippen LogP contribution is 2.31. The number of nitrogens with two attached hydrogens (primary N) is 1. The molecule has 1 amide bonds. The molecule has 0 unspecified atom stereocenters. The van der Waals surface area contributed by atoms with Crippen LogP contribution >= 0.6 is 0 Å². The van der Waals surface area contributed by atoms with Crippen molar-refractivity contribution in [2.75, 3.05) is 31.9 Å². The van der Waals surface area contributed by atoms with Crippen molar-refractivity contribution in [3.05, 3.63) is 48.0 Å². The fraction of sp³-hybridized carbons (Fsp3) is 0.188. The number of methoxy groups -OCH3 is 2. The lowest BCUT2D eigenvalue weighted by atomic mass is 10.1. The molecule has 2 N–H and O–H groups in total. The van der Waals surface area contributed by atoms with Crippen molar-refractivity contribution in [1.82, 2.24) is 0 Å². The Morgan fingerprint density at radius 3 is 2.43 bits per heavy atom. The van der Waals surface area contributed by atoms with Crippen molar-refractivity contribution in [3.8, 4) is 11.5 Å². The fourth-order valence-corrected chi connectivity index (χ4v) is 2.15. The molecule has 0 saturated heterocycles. The average Bonchev–Trinajstić information content (AvgIpc) is 2.53. The zero-order chi connectivity index (χ0) is 15.4. The first-order valence-corrected chi connectivity index (χ1v) is 6.43. The molecular formula is C16H18N2O3. The van der Waals surface area contributed by atoms with Crippen molar-refractivity contribution >= 4 is 17.3 Å². The molecule has 0 aliphatic rings. The monoisotopic (exact) mass is 286 g/mol. The van der Waals surface area contributed by atoms with Gasteiger partial charge in [0.15, 0.2) is 5.75 Å². The van der Waals surface area contributed by atoms with Gasteiger partial charge in [-0.2, -0.15) is 0 Å². The van der Waals surface area contributed by atoms with Crippen molar-refractivity contribution in [2.24, 2.45) is 0 Å². The molecule has 0 bridgehead atoms. The van der Waals surface area contributed by atoms with E-state index in [2.05, 4.69) is 0 Å². The molecule has 2 aromatic carbocycles. The Morgan fingerprint density at radius 1 is 1.05 bits per heavy atom. The number of benzene rings is 2. The van der Waals surface area contributed by atoms with Crippen molar-refractivity contribution in [2.45, 2.75) is 0 Å². The predicted molar refractivity (Wildman–Crippen MR) is 83.1 cm³/mol. The van der Waals surface area contributed by atoms with Crippen LogP contribution in [-0.4, -0.2) is 27.2 Å². The van der Waals surface area contributed by atoms with Gasteiger partial charge in [-0.05, 0) is 24.3 Å². The van der Waals surface area contributed by atoms with E-state index in [9.17, 15) is 4.79 Å². The zero-order valence-corrected chi connectivity index (χ0v) is 12.3. The van der Waals surface area contributed by atoms with Crippen LogP contribution in [0.15, 0.2) is 42.5 Å². The van der Waals surface area contributed by atoms with Gasteiger partial charge >= 0.3 is 0 Å². The molecule has 21 heavy (non-hydrogen) atoms. The molecule has 0 saturated carbocycles. The highest BCUT2D eigenvalue weighted by molar-refractivity contribution is 6.09. The van der Waals surface area contributed by atoms with Gasteiger partial charge < -0.3 is 20.1 Å². The SMILES string of the molecule is COc1ccccc1N(C)C(=O)c1cccc(N)c1OC. The van der Waals surface area contributed by atoms with Crippen LogP contribution in [0.3, 0.4) is 0 Å². The van der Waals surface area contributed by atoms with Crippen molar-refractivity contribution < 1.29 is 14.3 Å². The molecule has 0 aromatic heterocycles. The first-order chi connectivity index (χ1) is 10.1. The van der Waals surface area contributed by atoms with Gasteiger partial charge in [0.25, 0.3) is 5.91 Å². The van der Waals surface area contributed by atoms with E-state index in [1.165, 1.54) is 12.0 Å². The summed E-state index contributed by atoms with van der Waals surface area (Å²) in [5.74, 6) is 0.782. The van der Waals surface area contributed by atoms with E-state index in [-0.39, 0.29) is 5.91 Å². The lowest BCUT2D eigenvalue weighted by Crippen LogP contribution is -2.27. The first-order valence-electron chi connectivity index (χ1n) is 6.43. The van der Waals surface area contributed by atoms with Crippen molar-refractivity contribution in [3.63, 3.8) is 0 Å². The highest BCUT2D eigenvalue weighted by atomic mass is 16.5. The summed E-state index contributed by atoms with van der Waals surface area (Å²) < 4.78 is 10.5. The summed E-state index contributed by atoms with van der Waals surface area (Å²) >= 11 is 0. The number of carbonyl (C=O) groups excluding carboxylic acids is 1. The summed E-state index contributed by atoms with van der Waals surface area (Å²) in [5, 5.41) is 0. The summed E-state index contributed by atoms with van der Waals surface area (Å²) in [7, 11) is 4.74. The Labute approximate surface area is 123 Å². The number of rotatable bonds is 4. The molecule has 0 spiro atoms. The van der Waals surface area contributed by atoms with Gasteiger partial charge in [-0.15, -0.1) is 0 Å². The van der Waals surface area contributed by atoms with Gasteiger partial charge in [0.2, 0.25) is 0 Å². The van der Waals surface area contributed by atoms with E-state index in [4.69, 9.17) is 15.2 Å². The maximum atomic E-state index is 12.7. The molecule has 0 aliphatic heterocycles. The van der Waals surface area contributed by atoms with Crippen LogP contribution in [0.4, 0.5) is 11.4 Å². The molecule has 2 aromatic rings. The molecule has 5 nitrogen and oxygen atoms in total. The number of anilines is 2. The van der Waals surface area contributed by atoms with E-state index in [0.29, 0.717) is 28.4 Å². The summed E-state index contributed by atoms with van der Waals surface area (Å²) in [5.41, 5.74) is 7.36. The molecular weight excluding hydrogens is 268 g/mol. The molecule has 2 rings (SSSR count). The second-order valence-corrected chi connectivity index (χ2v) is 4.46. The van der Waals surface area contributed by atoms with Gasteiger partial charge in [-0.25, -0.2) is 0 Å². The molecule has 0 aliphatic carbocycles. The lowest BCUT2D eigenvalue weighted by molar-refractivity contribution is 0.0989. The minimum Gasteiger partial charge on any atom is -0.495 e. The van der Waals surface area contributed by atoms with Crippen LogP contribution in [-0.2, 0) is 0 Å². The smallest absolute Gasteiger partial charge is 0.261 e. The zero-order valence-electron chi connectivity index (χ0n) is 12.3. The summed E-state index contributed by atoms with van der Waals surface area (Å²) in [6.45, 7) is 0. The quantitative estimate of drug-likeness (QED) is 0.877. The van der Waals surface area contributed by atoms with E-state index in [0.717, 1.165) is 0 Å². The summed E-state index contributed by atoms with van der Waals surface area (Å²) in [4.78, 5) is 14.2. The van der Waals surface area contributed by atoms with Gasteiger partial charge in [-0.3, -0.25) is 4.79 Å². The number of para-hydroxylation sites is 3. The predicted octanol–water partition coefficient (Wildman–Crippen LogP) is 2.56. The number of amides is 1. The van der Waals surface area contributed by atoms with Crippen LogP contribution in [0.5, 0.6) is 11.5 Å². The largest absolute Gasteiger partial charge is 0.495 e. The number of carbonyl (C=O) groups is 1. The lowest BCUT2D eigenvalue weighted by Gasteiger charge is -2.21. The topological polar surface area (TPSA) is 64.8 Å². The van der Waals surface area contributed by atoms with E-state index < -0.39 is 0 Å². The van der Waals surface area contributed by atoms with Crippen LogP contribution in [0.25, 0.3) is 0 Å². The minimum atomic E-state index is -0.219. The van der Waals surface area contributed by atoms with Gasteiger partial charge in [0.05, 0.1) is 31.2 Å². The first kappa shape index (κ1) is 14.7.